The molecule has 0 saturated carbocycles. The van der Waals surface area contributed by atoms with Crippen molar-refractivity contribution in [2.75, 3.05) is 13.1 Å². The largest absolute Gasteiger partial charge is 0.330 e. The van der Waals surface area contributed by atoms with Gasteiger partial charge in [0.05, 0.1) is 11.6 Å². The fraction of sp³-hybridized carbons (Fsp3) is 0.312. The molecule has 3 aromatic rings. The van der Waals surface area contributed by atoms with Crippen LogP contribution in [0.5, 0.6) is 0 Å². The van der Waals surface area contributed by atoms with E-state index in [1.807, 2.05) is 41.3 Å². The molecule has 4 saturated heterocycles. The van der Waals surface area contributed by atoms with E-state index in [0.717, 1.165) is 12.5 Å². The summed E-state index contributed by atoms with van der Waals surface area (Å²) in [5.74, 6) is -2.52. The molecule has 0 aliphatic carbocycles. The lowest BCUT2D eigenvalue weighted by atomic mass is 9.83. The highest BCUT2D eigenvalue weighted by atomic mass is 19.1. The van der Waals surface area contributed by atoms with Gasteiger partial charge in [0.1, 0.15) is 11.9 Å². The molecule has 3 aromatic carbocycles. The van der Waals surface area contributed by atoms with Gasteiger partial charge in [0.2, 0.25) is 11.8 Å². The number of amides is 4. The first-order valence-corrected chi connectivity index (χ1v) is 14.0. The highest BCUT2D eigenvalue weighted by molar-refractivity contribution is 6.06. The molecular formula is C32H29FN4O4. The first kappa shape index (κ1) is 25.6. The second kappa shape index (κ2) is 9.92. The highest BCUT2D eigenvalue weighted by Crippen LogP contribution is 2.40. The van der Waals surface area contributed by atoms with Crippen LogP contribution in [0.3, 0.4) is 0 Å². The lowest BCUT2D eigenvalue weighted by molar-refractivity contribution is -0.136. The molecule has 0 spiro atoms. The number of carbonyl (C=O) groups excluding carboxylic acids is 4. The van der Waals surface area contributed by atoms with Gasteiger partial charge in [-0.2, -0.15) is 0 Å². The number of piperazine rings is 1. The van der Waals surface area contributed by atoms with Crippen LogP contribution in [0.1, 0.15) is 62.7 Å². The molecule has 1 N–H and O–H groups in total. The first-order chi connectivity index (χ1) is 19.9. The standard InChI is InChI=1S/C32H29FN4O4/c33-25-14-21(13-22-16-36(32(41)28(22)25)26-11-12-27(38)34-30(26)39)31(40)37-23-15-24(37)18-35(17-23)29(19-7-3-1-4-8-19)20-9-5-2-6-10-20/h1-10,13-14,23-24,26,29H,11-12,15-18H2,(H,34,38,39). The van der Waals surface area contributed by atoms with E-state index >= 15 is 4.39 Å². The summed E-state index contributed by atoms with van der Waals surface area (Å²) in [5.41, 5.74) is 2.90. The number of hydrogen-bond acceptors (Lipinski definition) is 5. The van der Waals surface area contributed by atoms with Crippen LogP contribution in [0.25, 0.3) is 0 Å². The Balaban J connectivity index is 1.10. The minimum absolute atomic E-state index is 0.00842. The number of nitrogens with zero attached hydrogens (tertiary/aromatic N) is 3. The van der Waals surface area contributed by atoms with Crippen LogP contribution in [0.15, 0.2) is 72.8 Å². The summed E-state index contributed by atoms with van der Waals surface area (Å²) in [6.07, 6.45) is 1.21. The van der Waals surface area contributed by atoms with Crippen LogP contribution in [0, 0.1) is 5.82 Å². The number of halogens is 1. The van der Waals surface area contributed by atoms with Crippen LogP contribution in [-0.2, 0) is 16.1 Å². The number of piperidine rings is 2. The Kier molecular flexibility index (Phi) is 6.19. The molecule has 4 amide bonds. The maximum absolute atomic E-state index is 15.3. The number of fused-ring (bicyclic) bond motifs is 3. The van der Waals surface area contributed by atoms with E-state index in [-0.39, 0.29) is 60.5 Å². The number of hydrogen-bond donors (Lipinski definition) is 1. The van der Waals surface area contributed by atoms with Crippen molar-refractivity contribution in [1.82, 2.24) is 20.0 Å². The molecule has 9 heteroatoms. The van der Waals surface area contributed by atoms with E-state index < -0.39 is 23.7 Å². The quantitative estimate of drug-likeness (QED) is 0.491. The molecule has 2 bridgehead atoms. The fourth-order valence-electron chi connectivity index (χ4n) is 7.00. The molecule has 41 heavy (non-hydrogen) atoms. The zero-order valence-electron chi connectivity index (χ0n) is 22.3. The van der Waals surface area contributed by atoms with Crippen molar-refractivity contribution in [2.24, 2.45) is 0 Å². The second-order valence-electron chi connectivity index (χ2n) is 11.3. The van der Waals surface area contributed by atoms with E-state index in [0.29, 0.717) is 18.7 Å². The van der Waals surface area contributed by atoms with Crippen LogP contribution >= 0.6 is 0 Å². The summed E-state index contributed by atoms with van der Waals surface area (Å²) >= 11 is 0. The Morgan fingerprint density at radius 1 is 0.902 bits per heavy atom. The van der Waals surface area contributed by atoms with Crippen LogP contribution in [-0.4, -0.2) is 69.5 Å². The zero-order valence-corrected chi connectivity index (χ0v) is 22.3. The van der Waals surface area contributed by atoms with E-state index in [1.54, 1.807) is 6.07 Å². The fourth-order valence-corrected chi connectivity index (χ4v) is 7.00. The van der Waals surface area contributed by atoms with E-state index in [2.05, 4.69) is 34.5 Å². The summed E-state index contributed by atoms with van der Waals surface area (Å²) in [7, 11) is 0. The molecule has 8 nitrogen and oxygen atoms in total. The predicted molar refractivity (Wildman–Crippen MR) is 147 cm³/mol. The van der Waals surface area contributed by atoms with E-state index in [9.17, 15) is 19.2 Å². The molecule has 8 rings (SSSR count). The van der Waals surface area contributed by atoms with Gasteiger partial charge in [-0.3, -0.25) is 29.4 Å². The van der Waals surface area contributed by atoms with Crippen molar-refractivity contribution in [2.45, 2.75) is 50.0 Å². The smallest absolute Gasteiger partial charge is 0.258 e. The van der Waals surface area contributed by atoms with Gasteiger partial charge in [-0.1, -0.05) is 60.7 Å². The van der Waals surface area contributed by atoms with Gasteiger partial charge in [-0.15, -0.1) is 0 Å². The Morgan fingerprint density at radius 3 is 2.15 bits per heavy atom. The first-order valence-electron chi connectivity index (χ1n) is 14.0. The van der Waals surface area contributed by atoms with Crippen molar-refractivity contribution in [3.05, 3.63) is 106 Å². The number of nitrogens with one attached hydrogen (secondary N) is 1. The number of carbonyl (C=O) groups is 4. The minimum atomic E-state index is -0.839. The van der Waals surface area contributed by atoms with Gasteiger partial charge < -0.3 is 9.80 Å². The maximum atomic E-state index is 15.3. The molecule has 3 atom stereocenters. The lowest BCUT2D eigenvalue weighted by Crippen LogP contribution is -2.70. The Hall–Kier alpha value is -4.37. The molecule has 5 aliphatic heterocycles. The topological polar surface area (TPSA) is 90.0 Å². The second-order valence-corrected chi connectivity index (χ2v) is 11.3. The van der Waals surface area contributed by atoms with Gasteiger partial charge in [-0.25, -0.2) is 4.39 Å². The molecule has 3 unspecified atom stereocenters. The maximum Gasteiger partial charge on any atom is 0.258 e. The molecule has 208 valence electrons. The molecule has 0 radical (unpaired) electrons. The number of rotatable bonds is 5. The van der Waals surface area contributed by atoms with E-state index in [4.69, 9.17) is 0 Å². The van der Waals surface area contributed by atoms with Gasteiger partial charge in [0, 0.05) is 43.7 Å². The molecular weight excluding hydrogens is 523 g/mol. The summed E-state index contributed by atoms with van der Waals surface area (Å²) < 4.78 is 15.3. The van der Waals surface area contributed by atoms with Crippen LogP contribution < -0.4 is 5.32 Å². The van der Waals surface area contributed by atoms with E-state index in [1.165, 1.54) is 16.0 Å². The van der Waals surface area contributed by atoms with Crippen LogP contribution in [0.4, 0.5) is 4.39 Å². The normalized spacial score (nSPS) is 23.9. The predicted octanol–water partition coefficient (Wildman–Crippen LogP) is 3.28. The third kappa shape index (κ3) is 4.32. The van der Waals surface area contributed by atoms with Gasteiger partial charge in [-0.05, 0) is 41.7 Å². The third-order valence-corrected chi connectivity index (χ3v) is 8.87. The monoisotopic (exact) mass is 552 g/mol. The average Bonchev–Trinajstić information content (AvgIpc) is 3.30. The Morgan fingerprint density at radius 2 is 1.54 bits per heavy atom. The Bertz CT molecular complexity index is 1510. The third-order valence-electron chi connectivity index (χ3n) is 8.87. The summed E-state index contributed by atoms with van der Waals surface area (Å²) in [4.78, 5) is 56.2. The molecule has 5 heterocycles. The van der Waals surface area contributed by atoms with Crippen molar-refractivity contribution in [3.8, 4) is 0 Å². The Labute approximate surface area is 236 Å². The van der Waals surface area contributed by atoms with Crippen molar-refractivity contribution >= 4 is 23.6 Å². The van der Waals surface area contributed by atoms with Gasteiger partial charge in [0.25, 0.3) is 11.8 Å². The van der Waals surface area contributed by atoms with Crippen LogP contribution in [0.2, 0.25) is 0 Å². The summed E-state index contributed by atoms with van der Waals surface area (Å²) in [6, 6.07) is 22.7. The van der Waals surface area contributed by atoms with Crippen molar-refractivity contribution in [1.29, 1.82) is 0 Å². The average molecular weight is 553 g/mol. The van der Waals surface area contributed by atoms with Crippen molar-refractivity contribution < 1.29 is 23.6 Å². The summed E-state index contributed by atoms with van der Waals surface area (Å²) in [6.45, 7) is 1.42. The van der Waals surface area contributed by atoms with Gasteiger partial charge >= 0.3 is 0 Å². The number of imide groups is 1. The molecule has 5 aliphatic rings. The number of benzene rings is 3. The SMILES string of the molecule is O=C1CCC(N2Cc3cc(C(=O)N4C5CC4CN(C(c4ccccc4)c4ccccc4)C5)cc(F)c3C2=O)C(=O)N1. The lowest BCUT2D eigenvalue weighted by Gasteiger charge is -2.57. The molecule has 4 fully saturated rings. The zero-order chi connectivity index (χ0) is 28.2. The minimum Gasteiger partial charge on any atom is -0.330 e. The van der Waals surface area contributed by atoms with Gasteiger partial charge in [0.15, 0.2) is 0 Å². The molecule has 0 aromatic heterocycles. The van der Waals surface area contributed by atoms with Crippen molar-refractivity contribution in [3.63, 3.8) is 0 Å². The highest BCUT2D eigenvalue weighted by Gasteiger charge is 2.49. The summed E-state index contributed by atoms with van der Waals surface area (Å²) in [5, 5.41) is 2.25.